The Balaban J connectivity index is 1.14. The highest BCUT2D eigenvalue weighted by molar-refractivity contribution is 6.11. The fourth-order valence-electron chi connectivity index (χ4n) is 9.62. The van der Waals surface area contributed by atoms with Gasteiger partial charge in [-0.15, -0.1) is 0 Å². The first kappa shape index (κ1) is 41.3. The van der Waals surface area contributed by atoms with Crippen molar-refractivity contribution in [3.05, 3.63) is 259 Å². The highest BCUT2D eigenvalue weighted by Crippen LogP contribution is 2.46. The van der Waals surface area contributed by atoms with Crippen molar-refractivity contribution >= 4 is 55.9 Å². The third kappa shape index (κ3) is 7.96. The van der Waals surface area contributed by atoms with E-state index in [0.29, 0.717) is 0 Å². The van der Waals surface area contributed by atoms with Crippen LogP contribution in [0.2, 0.25) is 0 Å². The molecular weight excluding hydrogens is 811 g/mol. The van der Waals surface area contributed by atoms with E-state index in [1.165, 1.54) is 49.6 Å². The zero-order chi connectivity index (χ0) is 45.4. The SMILES string of the molecule is Cc1ccc(N(c2ccc(C)cc2)c2cccc(-c3cccc(-c4cccc(N(c5ccc(C)cc5)c5ccc(C)cc5)c4)c3-c3ccc4c(c3)c3ccccc3n4-c3ccccc3)c2)cc1. The number of fused-ring (bicyclic) bond motifs is 3. The topological polar surface area (TPSA) is 11.4 Å². The Bertz CT molecular complexity index is 3280. The van der Waals surface area contributed by atoms with E-state index < -0.39 is 0 Å². The lowest BCUT2D eigenvalue weighted by Crippen LogP contribution is -2.10. The standard InChI is InChI=1S/C64H51N3/c1-44-23-32-52(33-24-44)65(53-34-25-45(2)26-35-53)56-17-10-13-48(41-56)58-20-12-21-59(49-14-11-18-57(42-49)66(54-36-27-46(3)28-37-54)55-38-29-47(4)30-39-55)64(58)50-31-40-63-61(43-50)60-19-8-9-22-62(60)67(63)51-15-6-5-7-16-51/h5-43H,1-4H3. The maximum atomic E-state index is 2.42. The van der Waals surface area contributed by atoms with Gasteiger partial charge in [0.1, 0.15) is 0 Å². The molecule has 0 aliphatic rings. The zero-order valence-electron chi connectivity index (χ0n) is 38.4. The maximum Gasteiger partial charge on any atom is 0.0541 e. The molecule has 3 nitrogen and oxygen atoms in total. The maximum absolute atomic E-state index is 2.42. The Hall–Kier alpha value is -8.40. The summed E-state index contributed by atoms with van der Waals surface area (Å²) in [4.78, 5) is 4.73. The molecule has 0 bridgehead atoms. The first-order chi connectivity index (χ1) is 32.9. The number of nitrogens with zero attached hydrogens (tertiary/aromatic N) is 3. The van der Waals surface area contributed by atoms with Gasteiger partial charge in [-0.3, -0.25) is 0 Å². The molecular formula is C64H51N3. The van der Waals surface area contributed by atoms with Crippen molar-refractivity contribution in [3.8, 4) is 39.1 Å². The molecule has 0 radical (unpaired) electrons. The van der Waals surface area contributed by atoms with E-state index >= 15 is 0 Å². The molecule has 11 rings (SSSR count). The van der Waals surface area contributed by atoms with Gasteiger partial charge >= 0.3 is 0 Å². The first-order valence-corrected chi connectivity index (χ1v) is 23.2. The number of aryl methyl sites for hydroxylation is 4. The summed E-state index contributed by atoms with van der Waals surface area (Å²) in [5.41, 5.74) is 22.1. The normalized spacial score (nSPS) is 11.3. The molecule has 10 aromatic carbocycles. The van der Waals surface area contributed by atoms with E-state index in [4.69, 9.17) is 0 Å². The number of anilines is 6. The summed E-state index contributed by atoms with van der Waals surface area (Å²) in [6.45, 7) is 8.57. The third-order valence-electron chi connectivity index (χ3n) is 13.0. The van der Waals surface area contributed by atoms with Crippen molar-refractivity contribution in [2.45, 2.75) is 27.7 Å². The fraction of sp³-hybridized carbons (Fsp3) is 0.0625. The highest BCUT2D eigenvalue weighted by Gasteiger charge is 2.21. The van der Waals surface area contributed by atoms with Gasteiger partial charge in [-0.1, -0.05) is 156 Å². The molecule has 0 saturated heterocycles. The van der Waals surface area contributed by atoms with E-state index in [-0.39, 0.29) is 0 Å². The van der Waals surface area contributed by atoms with Gasteiger partial charge in [0.15, 0.2) is 0 Å². The van der Waals surface area contributed by atoms with Crippen LogP contribution in [0.25, 0.3) is 60.9 Å². The fourth-order valence-corrected chi connectivity index (χ4v) is 9.62. The Labute approximate surface area is 394 Å². The molecule has 0 N–H and O–H groups in total. The van der Waals surface area contributed by atoms with Crippen molar-refractivity contribution in [3.63, 3.8) is 0 Å². The van der Waals surface area contributed by atoms with Crippen molar-refractivity contribution < 1.29 is 0 Å². The summed E-state index contributed by atoms with van der Waals surface area (Å²) in [5, 5.41) is 2.44. The van der Waals surface area contributed by atoms with Gasteiger partial charge in [0, 0.05) is 50.6 Å². The largest absolute Gasteiger partial charge is 0.310 e. The first-order valence-electron chi connectivity index (χ1n) is 23.2. The zero-order valence-corrected chi connectivity index (χ0v) is 38.4. The number of para-hydroxylation sites is 2. The second kappa shape index (κ2) is 17.5. The average Bonchev–Trinajstić information content (AvgIpc) is 3.70. The monoisotopic (exact) mass is 861 g/mol. The summed E-state index contributed by atoms with van der Waals surface area (Å²) >= 11 is 0. The van der Waals surface area contributed by atoms with Crippen LogP contribution in [-0.2, 0) is 0 Å². The minimum Gasteiger partial charge on any atom is -0.310 e. The molecule has 0 aliphatic carbocycles. The Morgan fingerprint density at radius 3 is 1.18 bits per heavy atom. The van der Waals surface area contributed by atoms with Gasteiger partial charge in [0.2, 0.25) is 0 Å². The highest BCUT2D eigenvalue weighted by atomic mass is 15.1. The molecule has 0 aliphatic heterocycles. The minimum atomic E-state index is 1.09. The molecule has 67 heavy (non-hydrogen) atoms. The molecule has 1 aromatic heterocycles. The Morgan fingerprint density at radius 2 is 0.701 bits per heavy atom. The van der Waals surface area contributed by atoms with Crippen LogP contribution in [0.5, 0.6) is 0 Å². The van der Waals surface area contributed by atoms with Gasteiger partial charge in [-0.25, -0.2) is 0 Å². The summed E-state index contributed by atoms with van der Waals surface area (Å²) in [6.07, 6.45) is 0. The molecule has 1 heterocycles. The van der Waals surface area contributed by atoms with E-state index in [1.807, 2.05) is 0 Å². The summed E-state index contributed by atoms with van der Waals surface area (Å²) in [5.74, 6) is 0. The molecule has 0 amide bonds. The van der Waals surface area contributed by atoms with Gasteiger partial charge in [-0.2, -0.15) is 0 Å². The van der Waals surface area contributed by atoms with Gasteiger partial charge in [0.25, 0.3) is 0 Å². The smallest absolute Gasteiger partial charge is 0.0541 e. The molecule has 0 unspecified atom stereocenters. The summed E-state index contributed by atoms with van der Waals surface area (Å²) in [6, 6.07) is 86.8. The summed E-state index contributed by atoms with van der Waals surface area (Å²) in [7, 11) is 0. The Kier molecular flexibility index (Phi) is 10.8. The van der Waals surface area contributed by atoms with Gasteiger partial charge in [0.05, 0.1) is 11.0 Å². The van der Waals surface area contributed by atoms with Crippen molar-refractivity contribution in [1.29, 1.82) is 0 Å². The Morgan fingerprint density at radius 1 is 0.284 bits per heavy atom. The van der Waals surface area contributed by atoms with E-state index in [1.54, 1.807) is 0 Å². The molecule has 0 fully saturated rings. The number of benzene rings is 10. The van der Waals surface area contributed by atoms with Crippen LogP contribution in [0.1, 0.15) is 22.3 Å². The molecule has 0 spiro atoms. The predicted molar refractivity (Wildman–Crippen MR) is 285 cm³/mol. The van der Waals surface area contributed by atoms with Crippen molar-refractivity contribution in [2.75, 3.05) is 9.80 Å². The molecule has 322 valence electrons. The van der Waals surface area contributed by atoms with Crippen molar-refractivity contribution in [2.24, 2.45) is 0 Å². The van der Waals surface area contributed by atoms with Crippen LogP contribution in [0, 0.1) is 27.7 Å². The van der Waals surface area contributed by atoms with Gasteiger partial charge in [-0.05, 0) is 164 Å². The number of aromatic nitrogens is 1. The van der Waals surface area contributed by atoms with Gasteiger partial charge < -0.3 is 14.4 Å². The second-order valence-electron chi connectivity index (χ2n) is 17.8. The molecule has 0 saturated carbocycles. The number of hydrogen-bond acceptors (Lipinski definition) is 2. The van der Waals surface area contributed by atoms with E-state index in [0.717, 1.165) is 67.6 Å². The number of rotatable bonds is 10. The third-order valence-corrected chi connectivity index (χ3v) is 13.0. The van der Waals surface area contributed by atoms with Crippen LogP contribution in [0.3, 0.4) is 0 Å². The number of hydrogen-bond donors (Lipinski definition) is 0. The second-order valence-corrected chi connectivity index (χ2v) is 17.8. The van der Waals surface area contributed by atoms with Crippen LogP contribution in [0.15, 0.2) is 237 Å². The lowest BCUT2D eigenvalue weighted by atomic mass is 9.87. The molecule has 11 aromatic rings. The van der Waals surface area contributed by atoms with Crippen LogP contribution in [-0.4, -0.2) is 4.57 Å². The van der Waals surface area contributed by atoms with E-state index in [2.05, 4.69) is 279 Å². The predicted octanol–water partition coefficient (Wildman–Crippen LogP) is 18.0. The van der Waals surface area contributed by atoms with E-state index in [9.17, 15) is 0 Å². The quantitative estimate of drug-likeness (QED) is 0.136. The lowest BCUT2D eigenvalue weighted by molar-refractivity contribution is 1.18. The average molecular weight is 862 g/mol. The minimum absolute atomic E-state index is 1.09. The summed E-state index contributed by atoms with van der Waals surface area (Å²) < 4.78 is 2.39. The van der Waals surface area contributed by atoms with Crippen LogP contribution < -0.4 is 9.80 Å². The van der Waals surface area contributed by atoms with Crippen molar-refractivity contribution in [1.82, 2.24) is 4.57 Å². The van der Waals surface area contributed by atoms with Crippen LogP contribution in [0.4, 0.5) is 34.1 Å². The lowest BCUT2D eigenvalue weighted by Gasteiger charge is -2.27. The molecule has 3 heteroatoms. The van der Waals surface area contributed by atoms with Crippen LogP contribution >= 0.6 is 0 Å². The molecule has 0 atom stereocenters.